The van der Waals surface area contributed by atoms with E-state index in [0.717, 1.165) is 12.1 Å². The molecular formula is C30H30O10. The van der Waals surface area contributed by atoms with Gasteiger partial charge in [-0.05, 0) is 53.6 Å². The van der Waals surface area contributed by atoms with Crippen molar-refractivity contribution in [3.63, 3.8) is 0 Å². The number of rotatable bonds is 12. The Morgan fingerprint density at radius 2 is 0.850 bits per heavy atom. The lowest BCUT2D eigenvalue weighted by Crippen LogP contribution is -2.01. The highest BCUT2D eigenvalue weighted by atomic mass is 16.5. The van der Waals surface area contributed by atoms with E-state index in [9.17, 15) is 19.8 Å². The summed E-state index contributed by atoms with van der Waals surface area (Å²) in [5.41, 5.74) is 0.772. The number of ether oxygens (including phenoxy) is 6. The topological polar surface area (TPSA) is 130 Å². The van der Waals surface area contributed by atoms with Crippen molar-refractivity contribution in [2.45, 2.75) is 0 Å². The van der Waals surface area contributed by atoms with Crippen LogP contribution in [0.1, 0.15) is 31.8 Å². The molecule has 10 nitrogen and oxygen atoms in total. The molecule has 0 saturated heterocycles. The zero-order valence-electron chi connectivity index (χ0n) is 22.9. The maximum absolute atomic E-state index is 13.0. The lowest BCUT2D eigenvalue weighted by Gasteiger charge is -2.13. The summed E-state index contributed by atoms with van der Waals surface area (Å²) in [5, 5.41) is 20.7. The lowest BCUT2D eigenvalue weighted by atomic mass is 10.0. The fourth-order valence-corrected chi connectivity index (χ4v) is 3.89. The van der Waals surface area contributed by atoms with E-state index in [4.69, 9.17) is 28.4 Å². The van der Waals surface area contributed by atoms with Crippen molar-refractivity contribution in [2.75, 3.05) is 42.7 Å². The molecule has 210 valence electrons. The molecule has 0 aliphatic carbocycles. The second kappa shape index (κ2) is 13.1. The Labute approximate surface area is 231 Å². The van der Waals surface area contributed by atoms with E-state index < -0.39 is 23.1 Å². The van der Waals surface area contributed by atoms with E-state index in [1.165, 1.54) is 67.0 Å². The first kappa shape index (κ1) is 29.4. The summed E-state index contributed by atoms with van der Waals surface area (Å²) in [4.78, 5) is 25.9. The van der Waals surface area contributed by atoms with E-state index in [1.807, 2.05) is 0 Å². The van der Waals surface area contributed by atoms with E-state index in [2.05, 4.69) is 0 Å². The van der Waals surface area contributed by atoms with Crippen LogP contribution in [-0.4, -0.2) is 64.4 Å². The average molecular weight is 551 g/mol. The van der Waals surface area contributed by atoms with Gasteiger partial charge in [-0.2, -0.15) is 0 Å². The molecule has 0 unspecified atom stereocenters. The normalized spacial score (nSPS) is 10.9. The summed E-state index contributed by atoms with van der Waals surface area (Å²) in [5.74, 6) is 0.204. The van der Waals surface area contributed by atoms with Gasteiger partial charge in [0.2, 0.25) is 11.5 Å². The quantitative estimate of drug-likeness (QED) is 0.236. The minimum Gasteiger partial charge on any atom is -0.507 e. The van der Waals surface area contributed by atoms with Gasteiger partial charge < -0.3 is 38.6 Å². The monoisotopic (exact) mass is 550 g/mol. The molecule has 0 fully saturated rings. The molecule has 10 heteroatoms. The number of hydrogen-bond acceptors (Lipinski definition) is 10. The molecule has 3 rings (SSSR count). The van der Waals surface area contributed by atoms with Gasteiger partial charge in [-0.3, -0.25) is 9.59 Å². The van der Waals surface area contributed by atoms with Gasteiger partial charge in [-0.15, -0.1) is 0 Å². The molecule has 3 aromatic carbocycles. The minimum atomic E-state index is -0.603. The van der Waals surface area contributed by atoms with Gasteiger partial charge >= 0.3 is 0 Å². The van der Waals surface area contributed by atoms with E-state index in [-0.39, 0.29) is 11.1 Å². The number of aromatic hydroxyl groups is 2. The Balaban J connectivity index is 1.91. The zero-order valence-corrected chi connectivity index (χ0v) is 22.9. The highest BCUT2D eigenvalue weighted by Crippen LogP contribution is 2.40. The summed E-state index contributed by atoms with van der Waals surface area (Å²) >= 11 is 0. The largest absolute Gasteiger partial charge is 0.507 e. The molecule has 0 heterocycles. The predicted molar refractivity (Wildman–Crippen MR) is 149 cm³/mol. The smallest absolute Gasteiger partial charge is 0.203 e. The summed E-state index contributed by atoms with van der Waals surface area (Å²) < 4.78 is 31.9. The molecule has 0 aromatic heterocycles. The second-order valence-corrected chi connectivity index (χ2v) is 8.20. The van der Waals surface area contributed by atoms with Crippen molar-refractivity contribution >= 4 is 23.7 Å². The number of allylic oxidation sites excluding steroid dienone is 2. The number of phenols is 2. The van der Waals surface area contributed by atoms with Gasteiger partial charge in [-0.1, -0.05) is 12.2 Å². The van der Waals surface area contributed by atoms with Crippen LogP contribution in [0, 0.1) is 0 Å². The first-order chi connectivity index (χ1) is 19.2. The van der Waals surface area contributed by atoms with Gasteiger partial charge in [0.15, 0.2) is 34.6 Å². The third-order valence-electron chi connectivity index (χ3n) is 5.87. The van der Waals surface area contributed by atoms with Crippen molar-refractivity contribution in [1.82, 2.24) is 0 Å². The van der Waals surface area contributed by atoms with Crippen LogP contribution < -0.4 is 28.4 Å². The van der Waals surface area contributed by atoms with E-state index in [1.54, 1.807) is 24.3 Å². The van der Waals surface area contributed by atoms with Crippen molar-refractivity contribution < 1.29 is 48.2 Å². The van der Waals surface area contributed by atoms with Crippen LogP contribution in [0.15, 0.2) is 48.6 Å². The van der Waals surface area contributed by atoms with Crippen molar-refractivity contribution in [1.29, 1.82) is 0 Å². The molecule has 40 heavy (non-hydrogen) atoms. The van der Waals surface area contributed by atoms with Crippen molar-refractivity contribution in [3.05, 3.63) is 70.8 Å². The number of carbonyl (C=O) groups excluding carboxylic acids is 2. The molecule has 3 aromatic rings. The van der Waals surface area contributed by atoms with Gasteiger partial charge in [-0.25, -0.2) is 0 Å². The predicted octanol–water partition coefficient (Wildman–Crippen LogP) is 4.94. The van der Waals surface area contributed by atoms with Crippen LogP contribution in [-0.2, 0) is 0 Å². The first-order valence-corrected chi connectivity index (χ1v) is 11.8. The Hall–Kier alpha value is -5.12. The van der Waals surface area contributed by atoms with Crippen LogP contribution in [0.5, 0.6) is 46.0 Å². The fourth-order valence-electron chi connectivity index (χ4n) is 3.89. The maximum Gasteiger partial charge on any atom is 0.203 e. The molecule has 0 aliphatic rings. The standard InChI is InChI=1S/C30H30O10/c1-35-25-11-17(12-26(36-2)29(25)39-5)7-9-21(31)19-15-20(24(34)16-23(19)33)22(32)10-8-18-13-27(37-3)30(40-6)28(14-18)38-4/h7-16,33-34H,1-6H3/b9-7+,10-8+. The Morgan fingerprint density at radius 1 is 0.525 bits per heavy atom. The number of carbonyl (C=O) groups is 2. The second-order valence-electron chi connectivity index (χ2n) is 8.20. The number of ketones is 2. The summed E-state index contributed by atoms with van der Waals surface area (Å²) in [6, 6.07) is 8.65. The summed E-state index contributed by atoms with van der Waals surface area (Å²) in [6.07, 6.45) is 5.41. The molecule has 0 radical (unpaired) electrons. The molecule has 0 aliphatic heterocycles. The van der Waals surface area contributed by atoms with Crippen LogP contribution in [0.25, 0.3) is 12.2 Å². The molecule has 0 amide bonds. The number of methoxy groups -OCH3 is 6. The highest BCUT2D eigenvalue weighted by Gasteiger charge is 2.18. The van der Waals surface area contributed by atoms with Crippen LogP contribution in [0.3, 0.4) is 0 Å². The maximum atomic E-state index is 13.0. The Morgan fingerprint density at radius 3 is 1.12 bits per heavy atom. The van der Waals surface area contributed by atoms with Crippen molar-refractivity contribution in [2.24, 2.45) is 0 Å². The first-order valence-electron chi connectivity index (χ1n) is 11.8. The van der Waals surface area contributed by atoms with Crippen LogP contribution in [0.4, 0.5) is 0 Å². The van der Waals surface area contributed by atoms with Crippen LogP contribution in [0.2, 0.25) is 0 Å². The molecule has 0 saturated carbocycles. The molecule has 2 N–H and O–H groups in total. The third-order valence-corrected chi connectivity index (χ3v) is 5.87. The molecule has 0 bridgehead atoms. The van der Waals surface area contributed by atoms with Crippen LogP contribution >= 0.6 is 0 Å². The number of benzene rings is 3. The third kappa shape index (κ3) is 6.29. The van der Waals surface area contributed by atoms with Gasteiger partial charge in [0.1, 0.15) is 11.5 Å². The Kier molecular flexibility index (Phi) is 9.64. The van der Waals surface area contributed by atoms with E-state index in [0.29, 0.717) is 45.6 Å². The average Bonchev–Trinajstić information content (AvgIpc) is 2.97. The van der Waals surface area contributed by atoms with Crippen molar-refractivity contribution in [3.8, 4) is 46.0 Å². The fraction of sp³-hybridized carbons (Fsp3) is 0.200. The van der Waals surface area contributed by atoms with Gasteiger partial charge in [0, 0.05) is 6.07 Å². The Bertz CT molecular complexity index is 1310. The minimum absolute atomic E-state index is 0.175. The summed E-state index contributed by atoms with van der Waals surface area (Å²) in [6.45, 7) is 0. The van der Waals surface area contributed by atoms with E-state index >= 15 is 0 Å². The molecule has 0 atom stereocenters. The number of phenolic OH excluding ortho intramolecular Hbond substituents is 2. The molecule has 0 spiro atoms. The summed E-state index contributed by atoms with van der Waals surface area (Å²) in [7, 11) is 8.84. The molecular weight excluding hydrogens is 520 g/mol. The SMILES string of the molecule is COc1cc(/C=C/C(=O)c2cc(C(=O)/C=C/c3cc(OC)c(OC)c(OC)c3)c(O)cc2O)cc(OC)c1OC. The zero-order chi connectivity index (χ0) is 29.4. The van der Waals surface area contributed by atoms with Gasteiger partial charge in [0.25, 0.3) is 0 Å². The highest BCUT2D eigenvalue weighted by molar-refractivity contribution is 6.13. The lowest BCUT2D eigenvalue weighted by molar-refractivity contribution is 0.104. The number of hydrogen-bond donors (Lipinski definition) is 2. The van der Waals surface area contributed by atoms with Gasteiger partial charge in [0.05, 0.1) is 53.8 Å².